The van der Waals surface area contributed by atoms with Crippen LogP contribution in [-0.2, 0) is 11.3 Å². The first kappa shape index (κ1) is 23.1. The zero-order chi connectivity index (χ0) is 25.0. The number of piperidine rings is 1. The van der Waals surface area contributed by atoms with Gasteiger partial charge < -0.3 is 19.7 Å². The maximum atomic E-state index is 14.1. The number of benzene rings is 2. The van der Waals surface area contributed by atoms with Gasteiger partial charge in [0.05, 0.1) is 28.1 Å². The Balaban J connectivity index is 1.22. The van der Waals surface area contributed by atoms with E-state index < -0.39 is 11.7 Å². The van der Waals surface area contributed by atoms with E-state index in [2.05, 4.69) is 16.4 Å². The van der Waals surface area contributed by atoms with Gasteiger partial charge in [0, 0.05) is 18.2 Å². The summed E-state index contributed by atoms with van der Waals surface area (Å²) in [7, 11) is 0. The van der Waals surface area contributed by atoms with Crippen LogP contribution < -0.4 is 10.1 Å². The predicted octanol–water partition coefficient (Wildman–Crippen LogP) is 4.47. The quantitative estimate of drug-likeness (QED) is 0.551. The summed E-state index contributed by atoms with van der Waals surface area (Å²) in [6.45, 7) is 4.43. The maximum Gasteiger partial charge on any atom is 0.274 e. The van der Waals surface area contributed by atoms with Crippen LogP contribution in [0, 0.1) is 25.6 Å². The number of carbonyl (C=O) groups is 2. The van der Waals surface area contributed by atoms with Crippen LogP contribution in [0.25, 0.3) is 10.4 Å². The molecule has 2 aromatic carbocycles. The van der Waals surface area contributed by atoms with Crippen molar-refractivity contribution in [1.29, 1.82) is 0 Å². The SMILES string of the molecule is Cc1cccc(-c2sc(C)nc2C(=O)N2[C@H](CNC(=O)c3cc(F)cc4c3OCOC4)C[C@@H]3C[C@@H]32)c1. The Labute approximate surface area is 212 Å². The zero-order valence-electron chi connectivity index (χ0n) is 20.0. The summed E-state index contributed by atoms with van der Waals surface area (Å²) >= 11 is 1.52. The number of carbonyl (C=O) groups excluding carboxylic acids is 2. The van der Waals surface area contributed by atoms with Crippen molar-refractivity contribution in [3.8, 4) is 16.2 Å². The molecule has 1 N–H and O–H groups in total. The minimum atomic E-state index is -0.519. The molecule has 2 aliphatic heterocycles. The van der Waals surface area contributed by atoms with Crippen LogP contribution in [0.1, 0.15) is 49.8 Å². The number of thiazole rings is 1. The lowest BCUT2D eigenvalue weighted by Crippen LogP contribution is -2.45. The van der Waals surface area contributed by atoms with Crippen LogP contribution in [0.2, 0.25) is 0 Å². The van der Waals surface area contributed by atoms with Gasteiger partial charge in [-0.3, -0.25) is 9.59 Å². The van der Waals surface area contributed by atoms with Gasteiger partial charge in [-0.2, -0.15) is 0 Å². The second-order valence-corrected chi connectivity index (χ2v) is 10.9. The van der Waals surface area contributed by atoms with Crippen molar-refractivity contribution in [2.24, 2.45) is 5.92 Å². The lowest BCUT2D eigenvalue weighted by Gasteiger charge is -2.28. The second-order valence-electron chi connectivity index (χ2n) is 9.71. The molecule has 2 fully saturated rings. The fourth-order valence-corrected chi connectivity index (χ4v) is 6.29. The molecule has 6 rings (SSSR count). The van der Waals surface area contributed by atoms with Gasteiger partial charge in [0.25, 0.3) is 11.8 Å². The normalized spacial score (nSPS) is 22.0. The maximum absolute atomic E-state index is 14.1. The van der Waals surface area contributed by atoms with Gasteiger partial charge in [0.2, 0.25) is 0 Å². The lowest BCUT2D eigenvalue weighted by atomic mass is 10.1. The largest absolute Gasteiger partial charge is 0.466 e. The molecular weight excluding hydrogens is 481 g/mol. The van der Waals surface area contributed by atoms with Crippen molar-refractivity contribution in [3.63, 3.8) is 0 Å². The van der Waals surface area contributed by atoms with Gasteiger partial charge in [-0.05, 0) is 50.3 Å². The van der Waals surface area contributed by atoms with E-state index in [4.69, 9.17) is 9.47 Å². The summed E-state index contributed by atoms with van der Waals surface area (Å²) in [5.74, 6) is -0.243. The minimum absolute atomic E-state index is 0.0174. The highest BCUT2D eigenvalue weighted by Crippen LogP contribution is 2.49. The van der Waals surface area contributed by atoms with Crippen LogP contribution in [0.15, 0.2) is 36.4 Å². The fourth-order valence-electron chi connectivity index (χ4n) is 5.39. The molecule has 2 amide bonds. The average molecular weight is 508 g/mol. The molecule has 36 heavy (non-hydrogen) atoms. The van der Waals surface area contributed by atoms with Crippen molar-refractivity contribution in [2.75, 3.05) is 13.3 Å². The van der Waals surface area contributed by atoms with Gasteiger partial charge in [-0.15, -0.1) is 11.3 Å². The molecule has 1 saturated carbocycles. The highest BCUT2D eigenvalue weighted by Gasteiger charge is 2.54. The van der Waals surface area contributed by atoms with Gasteiger partial charge in [0.1, 0.15) is 17.3 Å². The first-order chi connectivity index (χ1) is 17.4. The number of aryl methyl sites for hydroxylation is 2. The summed E-state index contributed by atoms with van der Waals surface area (Å²) in [6, 6.07) is 10.6. The third-order valence-corrected chi connectivity index (χ3v) is 8.10. The number of hydrogen-bond acceptors (Lipinski definition) is 6. The van der Waals surface area contributed by atoms with Gasteiger partial charge >= 0.3 is 0 Å². The Hall–Kier alpha value is -3.30. The Morgan fingerprint density at radius 3 is 2.92 bits per heavy atom. The fraction of sp³-hybridized carbons (Fsp3) is 0.370. The van der Waals surface area contributed by atoms with Crippen LogP contribution in [0.5, 0.6) is 5.75 Å². The molecule has 0 radical (unpaired) electrons. The molecule has 1 aromatic heterocycles. The van der Waals surface area contributed by atoms with E-state index >= 15 is 0 Å². The van der Waals surface area contributed by atoms with Crippen LogP contribution in [-0.4, -0.2) is 47.1 Å². The number of fused-ring (bicyclic) bond motifs is 2. The van der Waals surface area contributed by atoms with Crippen LogP contribution >= 0.6 is 11.3 Å². The number of amides is 2. The number of likely N-dealkylation sites (tertiary alicyclic amines) is 1. The molecule has 3 aliphatic rings. The van der Waals surface area contributed by atoms with Crippen LogP contribution in [0.3, 0.4) is 0 Å². The Kier molecular flexibility index (Phi) is 5.76. The number of aromatic nitrogens is 1. The van der Waals surface area contributed by atoms with Crippen LogP contribution in [0.4, 0.5) is 4.39 Å². The molecule has 3 atom stereocenters. The Bertz CT molecular complexity index is 1370. The number of halogens is 1. The Morgan fingerprint density at radius 1 is 1.22 bits per heavy atom. The monoisotopic (exact) mass is 507 g/mol. The third kappa shape index (κ3) is 4.16. The van der Waals surface area contributed by atoms with E-state index in [1.54, 1.807) is 0 Å². The lowest BCUT2D eigenvalue weighted by molar-refractivity contribution is -0.0170. The van der Waals surface area contributed by atoms with Gasteiger partial charge in [-0.25, -0.2) is 9.37 Å². The molecule has 186 valence electrons. The highest BCUT2D eigenvalue weighted by atomic mass is 32.1. The summed E-state index contributed by atoms with van der Waals surface area (Å²) < 4.78 is 24.8. The van der Waals surface area contributed by atoms with Crippen molar-refractivity contribution < 1.29 is 23.5 Å². The van der Waals surface area contributed by atoms with Crippen molar-refractivity contribution in [2.45, 2.75) is 45.4 Å². The zero-order valence-corrected chi connectivity index (χ0v) is 20.9. The molecule has 0 bridgehead atoms. The van der Waals surface area contributed by atoms with E-state index in [0.29, 0.717) is 22.9 Å². The van der Waals surface area contributed by atoms with Crippen molar-refractivity contribution in [3.05, 3.63) is 69.6 Å². The summed E-state index contributed by atoms with van der Waals surface area (Å²) in [4.78, 5) is 34.2. The van der Waals surface area contributed by atoms with E-state index in [0.717, 1.165) is 33.9 Å². The summed E-state index contributed by atoms with van der Waals surface area (Å²) in [5, 5.41) is 3.76. The molecular formula is C27H26FN3O4S. The molecule has 3 heterocycles. The first-order valence-corrected chi connectivity index (χ1v) is 12.9. The van der Waals surface area contributed by atoms with Crippen molar-refractivity contribution in [1.82, 2.24) is 15.2 Å². The smallest absolute Gasteiger partial charge is 0.274 e. The highest BCUT2D eigenvalue weighted by molar-refractivity contribution is 7.15. The number of rotatable bonds is 5. The van der Waals surface area contributed by atoms with Crippen molar-refractivity contribution >= 4 is 23.2 Å². The van der Waals surface area contributed by atoms with E-state index in [-0.39, 0.29) is 43.5 Å². The van der Waals surface area contributed by atoms with E-state index in [1.807, 2.05) is 36.9 Å². The molecule has 0 unspecified atom stereocenters. The number of ether oxygens (including phenoxy) is 2. The molecule has 7 nitrogen and oxygen atoms in total. The molecule has 1 aliphatic carbocycles. The molecule has 1 saturated heterocycles. The number of nitrogens with one attached hydrogen (secondary N) is 1. The predicted molar refractivity (Wildman–Crippen MR) is 133 cm³/mol. The third-order valence-electron chi connectivity index (χ3n) is 7.08. The van der Waals surface area contributed by atoms with E-state index in [1.165, 1.54) is 23.5 Å². The standard InChI is InChI=1S/C27H26FN3O4S/c1-14-4-3-5-16(6-14)25-23(30-15(2)36-25)27(33)31-20(8-17-9-22(17)31)11-29-26(32)21-10-19(28)7-18-12-34-13-35-24(18)21/h3-7,10,17,20,22H,8-9,11-13H2,1-2H3,(H,29,32)/t17-,20+,22+/m1/s1. The molecule has 9 heteroatoms. The minimum Gasteiger partial charge on any atom is -0.466 e. The topological polar surface area (TPSA) is 80.8 Å². The van der Waals surface area contributed by atoms with Gasteiger partial charge in [0.15, 0.2) is 6.79 Å². The summed E-state index contributed by atoms with van der Waals surface area (Å²) in [6.07, 6.45) is 1.80. The number of nitrogens with zero attached hydrogens (tertiary/aromatic N) is 2. The van der Waals surface area contributed by atoms with Gasteiger partial charge in [-0.1, -0.05) is 29.8 Å². The molecule has 0 spiro atoms. The first-order valence-electron chi connectivity index (χ1n) is 12.1. The van der Waals surface area contributed by atoms with E-state index in [9.17, 15) is 14.0 Å². The second kappa shape index (κ2) is 8.97. The Morgan fingerprint density at radius 2 is 2.08 bits per heavy atom. The number of hydrogen-bond donors (Lipinski definition) is 1. The average Bonchev–Trinajstić information content (AvgIpc) is 3.35. The molecule has 3 aromatic rings. The summed E-state index contributed by atoms with van der Waals surface area (Å²) in [5.41, 5.74) is 3.23.